The Morgan fingerprint density at radius 3 is 1.73 bits per heavy atom. The normalized spacial score (nSPS) is 16.6. The molecule has 0 aliphatic rings. The molecule has 2 N–H and O–H groups in total. The Balaban J connectivity index is 4.22. The van der Waals surface area contributed by atoms with Gasteiger partial charge in [0, 0.05) is 17.9 Å². The van der Waals surface area contributed by atoms with E-state index in [1.165, 1.54) is 20.8 Å². The van der Waals surface area contributed by atoms with Gasteiger partial charge in [0.2, 0.25) is 0 Å². The SMILES string of the molecule is CC(N)CC(F)(F)C(C)(C)C. The Bertz CT molecular complexity index is 125. The fourth-order valence-electron chi connectivity index (χ4n) is 0.711. The van der Waals surface area contributed by atoms with Crippen LogP contribution in [0.25, 0.3) is 0 Å². The van der Waals surface area contributed by atoms with Gasteiger partial charge in [-0.15, -0.1) is 0 Å². The van der Waals surface area contributed by atoms with Crippen LogP contribution in [0.4, 0.5) is 8.78 Å². The largest absolute Gasteiger partial charge is 0.328 e. The second-order valence-corrected chi connectivity index (χ2v) is 4.14. The first-order valence-electron chi connectivity index (χ1n) is 3.80. The van der Waals surface area contributed by atoms with Crippen molar-refractivity contribution in [3.8, 4) is 0 Å². The topological polar surface area (TPSA) is 26.0 Å². The van der Waals surface area contributed by atoms with Gasteiger partial charge in [-0.05, 0) is 6.92 Å². The molecule has 0 aromatic heterocycles. The number of hydrogen-bond acceptors (Lipinski definition) is 1. The van der Waals surface area contributed by atoms with Crippen LogP contribution in [0.3, 0.4) is 0 Å². The monoisotopic (exact) mass is 165 g/mol. The molecule has 0 heterocycles. The van der Waals surface area contributed by atoms with E-state index < -0.39 is 17.4 Å². The summed E-state index contributed by atoms with van der Waals surface area (Å²) in [5.41, 5.74) is 4.31. The molecule has 11 heavy (non-hydrogen) atoms. The highest BCUT2D eigenvalue weighted by atomic mass is 19.3. The van der Waals surface area contributed by atoms with Crippen LogP contribution >= 0.6 is 0 Å². The molecule has 0 spiro atoms. The second kappa shape index (κ2) is 3.05. The van der Waals surface area contributed by atoms with Crippen molar-refractivity contribution in [3.05, 3.63) is 0 Å². The van der Waals surface area contributed by atoms with Gasteiger partial charge in [0.15, 0.2) is 0 Å². The summed E-state index contributed by atoms with van der Waals surface area (Å²) in [4.78, 5) is 0. The third kappa shape index (κ3) is 3.14. The number of rotatable bonds is 2. The van der Waals surface area contributed by atoms with Crippen molar-refractivity contribution in [1.29, 1.82) is 0 Å². The van der Waals surface area contributed by atoms with E-state index in [4.69, 9.17) is 5.73 Å². The maximum atomic E-state index is 13.1. The van der Waals surface area contributed by atoms with Crippen molar-refractivity contribution < 1.29 is 8.78 Å². The van der Waals surface area contributed by atoms with Crippen LogP contribution in [0.2, 0.25) is 0 Å². The molecule has 0 aromatic carbocycles. The zero-order chi connectivity index (χ0) is 9.28. The summed E-state index contributed by atoms with van der Waals surface area (Å²) in [5, 5.41) is 0. The molecule has 1 unspecified atom stereocenters. The minimum absolute atomic E-state index is 0.240. The number of hydrogen-bond donors (Lipinski definition) is 1. The Kier molecular flexibility index (Phi) is 3.00. The Morgan fingerprint density at radius 2 is 1.64 bits per heavy atom. The van der Waals surface area contributed by atoms with E-state index in [1.807, 2.05) is 0 Å². The Morgan fingerprint density at radius 1 is 1.27 bits per heavy atom. The van der Waals surface area contributed by atoms with E-state index in [2.05, 4.69) is 0 Å². The molecule has 3 heteroatoms. The molecular weight excluding hydrogens is 148 g/mol. The summed E-state index contributed by atoms with van der Waals surface area (Å²) in [6, 6.07) is -0.441. The molecule has 0 bridgehead atoms. The molecule has 0 amide bonds. The summed E-state index contributed by atoms with van der Waals surface area (Å²) in [6.07, 6.45) is -0.240. The number of nitrogens with two attached hydrogens (primary N) is 1. The molecule has 0 aliphatic carbocycles. The summed E-state index contributed by atoms with van der Waals surface area (Å²) in [7, 11) is 0. The van der Waals surface area contributed by atoms with Crippen molar-refractivity contribution in [2.75, 3.05) is 0 Å². The molecule has 68 valence electrons. The fourth-order valence-corrected chi connectivity index (χ4v) is 0.711. The predicted molar refractivity (Wildman–Crippen MR) is 42.7 cm³/mol. The van der Waals surface area contributed by atoms with E-state index >= 15 is 0 Å². The molecule has 1 atom stereocenters. The third-order valence-electron chi connectivity index (χ3n) is 1.68. The standard InChI is InChI=1S/C8H17F2N/c1-6(11)5-8(9,10)7(2,3)4/h6H,5,11H2,1-4H3. The quantitative estimate of drug-likeness (QED) is 0.668. The van der Waals surface area contributed by atoms with Gasteiger partial charge < -0.3 is 5.73 Å². The van der Waals surface area contributed by atoms with Gasteiger partial charge in [-0.25, -0.2) is 8.78 Å². The van der Waals surface area contributed by atoms with Crippen molar-refractivity contribution >= 4 is 0 Å². The summed E-state index contributed by atoms with van der Waals surface area (Å²) < 4.78 is 26.2. The van der Waals surface area contributed by atoms with Gasteiger partial charge in [0.1, 0.15) is 0 Å². The van der Waals surface area contributed by atoms with Gasteiger partial charge in [0.05, 0.1) is 0 Å². The minimum atomic E-state index is -2.67. The maximum Gasteiger partial charge on any atom is 0.254 e. The van der Waals surface area contributed by atoms with E-state index in [9.17, 15) is 8.78 Å². The van der Waals surface area contributed by atoms with Crippen LogP contribution in [-0.2, 0) is 0 Å². The second-order valence-electron chi connectivity index (χ2n) is 4.14. The van der Waals surface area contributed by atoms with Crippen molar-refractivity contribution in [3.63, 3.8) is 0 Å². The van der Waals surface area contributed by atoms with Crippen LogP contribution in [0, 0.1) is 5.41 Å². The van der Waals surface area contributed by atoms with Crippen LogP contribution in [0.15, 0.2) is 0 Å². The lowest BCUT2D eigenvalue weighted by molar-refractivity contribution is -0.105. The van der Waals surface area contributed by atoms with Crippen molar-refractivity contribution in [2.24, 2.45) is 11.1 Å². The van der Waals surface area contributed by atoms with Gasteiger partial charge >= 0.3 is 0 Å². The average Bonchev–Trinajstić information content (AvgIpc) is 1.56. The molecule has 0 saturated heterocycles. The summed E-state index contributed by atoms with van der Waals surface area (Å²) >= 11 is 0. The lowest BCUT2D eigenvalue weighted by Gasteiger charge is -2.31. The molecule has 0 aliphatic heterocycles. The molecule has 0 aromatic rings. The highest BCUT2D eigenvalue weighted by Crippen LogP contribution is 2.38. The van der Waals surface area contributed by atoms with Crippen molar-refractivity contribution in [1.82, 2.24) is 0 Å². The molecular formula is C8H17F2N. The number of halogens is 2. The van der Waals surface area contributed by atoms with E-state index in [0.29, 0.717) is 0 Å². The fraction of sp³-hybridized carbons (Fsp3) is 1.00. The van der Waals surface area contributed by atoms with Crippen molar-refractivity contribution in [2.45, 2.75) is 46.1 Å². The molecule has 1 nitrogen and oxygen atoms in total. The van der Waals surface area contributed by atoms with Gasteiger partial charge in [-0.2, -0.15) is 0 Å². The Labute approximate surface area is 67.0 Å². The van der Waals surface area contributed by atoms with E-state index in [0.717, 1.165) is 0 Å². The third-order valence-corrected chi connectivity index (χ3v) is 1.68. The van der Waals surface area contributed by atoms with Gasteiger partial charge in [-0.3, -0.25) is 0 Å². The Hall–Kier alpha value is -0.180. The zero-order valence-electron chi connectivity index (χ0n) is 7.62. The first-order valence-corrected chi connectivity index (χ1v) is 3.80. The van der Waals surface area contributed by atoms with E-state index in [1.54, 1.807) is 6.92 Å². The lowest BCUT2D eigenvalue weighted by atomic mass is 9.84. The highest BCUT2D eigenvalue weighted by molar-refractivity contribution is 4.83. The average molecular weight is 165 g/mol. The summed E-state index contributed by atoms with van der Waals surface area (Å²) in [6.45, 7) is 6.17. The maximum absolute atomic E-state index is 13.1. The molecule has 0 saturated carbocycles. The van der Waals surface area contributed by atoms with Crippen LogP contribution in [0.1, 0.15) is 34.1 Å². The van der Waals surface area contributed by atoms with Crippen LogP contribution in [-0.4, -0.2) is 12.0 Å². The number of alkyl halides is 2. The molecule has 0 radical (unpaired) electrons. The first kappa shape index (κ1) is 10.8. The van der Waals surface area contributed by atoms with E-state index in [-0.39, 0.29) is 6.42 Å². The van der Waals surface area contributed by atoms with Gasteiger partial charge in [-0.1, -0.05) is 20.8 Å². The highest BCUT2D eigenvalue weighted by Gasteiger charge is 2.43. The predicted octanol–water partition coefficient (Wildman–Crippen LogP) is 2.41. The van der Waals surface area contributed by atoms with Crippen LogP contribution in [0.5, 0.6) is 0 Å². The smallest absolute Gasteiger partial charge is 0.254 e. The lowest BCUT2D eigenvalue weighted by Crippen LogP contribution is -2.38. The molecule has 0 fully saturated rings. The summed E-state index contributed by atoms with van der Waals surface area (Å²) in [5.74, 6) is -2.67. The van der Waals surface area contributed by atoms with Gasteiger partial charge in [0.25, 0.3) is 5.92 Å². The molecule has 0 rings (SSSR count). The zero-order valence-corrected chi connectivity index (χ0v) is 7.62. The first-order chi connectivity index (χ1) is 4.67. The van der Waals surface area contributed by atoms with Crippen LogP contribution < -0.4 is 5.73 Å². The minimum Gasteiger partial charge on any atom is -0.328 e.